The lowest BCUT2D eigenvalue weighted by Crippen LogP contribution is -2.24. The van der Waals surface area contributed by atoms with Gasteiger partial charge in [0.15, 0.2) is 5.11 Å². The van der Waals surface area contributed by atoms with Gasteiger partial charge in [-0.1, -0.05) is 23.8 Å². The summed E-state index contributed by atoms with van der Waals surface area (Å²) in [5.41, 5.74) is 11.2. The highest BCUT2D eigenvalue weighted by Crippen LogP contribution is 2.07. The number of nitrogens with two attached hydrogens (primary N) is 1. The summed E-state index contributed by atoms with van der Waals surface area (Å²) in [6, 6.07) is 6.15. The first-order chi connectivity index (χ1) is 6.59. The molecule has 3 nitrogen and oxygen atoms in total. The van der Waals surface area contributed by atoms with Crippen molar-refractivity contribution in [3.05, 3.63) is 34.9 Å². The van der Waals surface area contributed by atoms with Crippen LogP contribution in [0.1, 0.15) is 16.7 Å². The molecule has 0 aliphatic heterocycles. The van der Waals surface area contributed by atoms with Crippen LogP contribution in [0.25, 0.3) is 0 Å². The molecule has 0 heterocycles. The van der Waals surface area contributed by atoms with Crippen LogP contribution in [-0.2, 0) is 0 Å². The number of nitrogens with one attached hydrogen (secondary N) is 1. The highest BCUT2D eigenvalue weighted by atomic mass is 32.1. The van der Waals surface area contributed by atoms with Gasteiger partial charge in [-0.15, -0.1) is 0 Å². The Labute approximate surface area is 89.0 Å². The first-order valence-electron chi connectivity index (χ1n) is 4.25. The number of benzene rings is 1. The van der Waals surface area contributed by atoms with Gasteiger partial charge in [0, 0.05) is 0 Å². The van der Waals surface area contributed by atoms with Gasteiger partial charge in [0.1, 0.15) is 0 Å². The van der Waals surface area contributed by atoms with Gasteiger partial charge < -0.3 is 5.73 Å². The second kappa shape index (κ2) is 4.72. The molecule has 1 aromatic rings. The lowest BCUT2D eigenvalue weighted by atomic mass is 10.1. The van der Waals surface area contributed by atoms with Crippen LogP contribution in [0.4, 0.5) is 0 Å². The molecule has 14 heavy (non-hydrogen) atoms. The van der Waals surface area contributed by atoms with Crippen molar-refractivity contribution in [2.24, 2.45) is 10.8 Å². The molecule has 0 unspecified atom stereocenters. The van der Waals surface area contributed by atoms with E-state index < -0.39 is 0 Å². The van der Waals surface area contributed by atoms with Gasteiger partial charge in [0.25, 0.3) is 0 Å². The zero-order chi connectivity index (χ0) is 10.6. The molecule has 0 aromatic heterocycles. The minimum Gasteiger partial charge on any atom is -0.375 e. The molecule has 0 bridgehead atoms. The van der Waals surface area contributed by atoms with E-state index in [-0.39, 0.29) is 5.11 Å². The highest BCUT2D eigenvalue weighted by molar-refractivity contribution is 7.80. The average Bonchev–Trinajstić information content (AvgIpc) is 2.08. The molecule has 1 rings (SSSR count). The molecule has 0 saturated heterocycles. The van der Waals surface area contributed by atoms with Gasteiger partial charge in [0.2, 0.25) is 0 Å². The molecule has 3 N–H and O–H groups in total. The molecule has 0 radical (unpaired) electrons. The molecule has 0 atom stereocenters. The summed E-state index contributed by atoms with van der Waals surface area (Å²) in [4.78, 5) is 0. The largest absolute Gasteiger partial charge is 0.375 e. The Morgan fingerprint density at radius 2 is 2.21 bits per heavy atom. The second-order valence-corrected chi connectivity index (χ2v) is 3.53. The molecule has 0 saturated carbocycles. The molecule has 4 heteroatoms. The zero-order valence-electron chi connectivity index (χ0n) is 8.24. The first kappa shape index (κ1) is 10.7. The number of aryl methyl sites for hydroxylation is 2. The summed E-state index contributed by atoms with van der Waals surface area (Å²) < 4.78 is 0. The summed E-state index contributed by atoms with van der Waals surface area (Å²) in [7, 11) is 0. The van der Waals surface area contributed by atoms with Crippen molar-refractivity contribution >= 4 is 23.5 Å². The molecular weight excluding hydrogens is 194 g/mol. The molecule has 0 spiro atoms. The summed E-state index contributed by atoms with van der Waals surface area (Å²) in [5.74, 6) is 0. The van der Waals surface area contributed by atoms with E-state index in [4.69, 9.17) is 5.73 Å². The second-order valence-electron chi connectivity index (χ2n) is 3.09. The Morgan fingerprint density at radius 1 is 1.50 bits per heavy atom. The fourth-order valence-corrected chi connectivity index (χ4v) is 1.19. The van der Waals surface area contributed by atoms with Gasteiger partial charge in [-0.3, -0.25) is 5.43 Å². The van der Waals surface area contributed by atoms with E-state index in [0.717, 1.165) is 5.56 Å². The van der Waals surface area contributed by atoms with E-state index in [1.165, 1.54) is 11.1 Å². The normalized spacial score (nSPS) is 10.4. The maximum atomic E-state index is 5.23. The summed E-state index contributed by atoms with van der Waals surface area (Å²) in [5, 5.41) is 4.06. The number of hydrazone groups is 1. The maximum absolute atomic E-state index is 5.23. The van der Waals surface area contributed by atoms with E-state index >= 15 is 0 Å². The third-order valence-electron chi connectivity index (χ3n) is 1.80. The molecule has 0 aliphatic rings. The number of hydrogen-bond acceptors (Lipinski definition) is 2. The van der Waals surface area contributed by atoms with Crippen molar-refractivity contribution in [3.63, 3.8) is 0 Å². The predicted molar refractivity (Wildman–Crippen MR) is 63.4 cm³/mol. The Kier molecular flexibility index (Phi) is 3.59. The molecule has 74 valence electrons. The van der Waals surface area contributed by atoms with Crippen LogP contribution < -0.4 is 11.2 Å². The van der Waals surface area contributed by atoms with Gasteiger partial charge in [-0.2, -0.15) is 5.10 Å². The summed E-state index contributed by atoms with van der Waals surface area (Å²) in [6.45, 7) is 4.09. The topological polar surface area (TPSA) is 50.4 Å². The maximum Gasteiger partial charge on any atom is 0.184 e. The van der Waals surface area contributed by atoms with Crippen LogP contribution >= 0.6 is 12.2 Å². The Bertz CT molecular complexity index is 372. The van der Waals surface area contributed by atoms with Gasteiger partial charge in [-0.05, 0) is 37.2 Å². The lowest BCUT2D eigenvalue weighted by Gasteiger charge is -2.01. The number of nitrogens with zero attached hydrogens (tertiary/aromatic N) is 1. The quantitative estimate of drug-likeness (QED) is 0.438. The smallest absolute Gasteiger partial charge is 0.184 e. The van der Waals surface area contributed by atoms with Crippen LogP contribution in [0.3, 0.4) is 0 Å². The fraction of sp³-hybridized carbons (Fsp3) is 0.200. The van der Waals surface area contributed by atoms with E-state index in [0.29, 0.717) is 0 Å². The van der Waals surface area contributed by atoms with Crippen molar-refractivity contribution in [2.75, 3.05) is 0 Å². The summed E-state index contributed by atoms with van der Waals surface area (Å²) in [6.07, 6.45) is 1.70. The number of hydrogen-bond donors (Lipinski definition) is 2. The van der Waals surface area contributed by atoms with Crippen molar-refractivity contribution < 1.29 is 0 Å². The monoisotopic (exact) mass is 207 g/mol. The van der Waals surface area contributed by atoms with Crippen LogP contribution in [0, 0.1) is 13.8 Å². The standard InChI is InChI=1S/C10H13N3S/c1-7-3-4-9(8(2)5-7)6-12-13-10(11)14/h3-6H,1-2H3,(H3,11,13,14)/b12-6+. The predicted octanol–water partition coefficient (Wildman–Crippen LogP) is 1.47. The minimum absolute atomic E-state index is 0.172. The Morgan fingerprint density at radius 3 is 2.79 bits per heavy atom. The van der Waals surface area contributed by atoms with E-state index in [1.807, 2.05) is 19.1 Å². The zero-order valence-corrected chi connectivity index (χ0v) is 9.06. The summed E-state index contributed by atoms with van der Waals surface area (Å²) >= 11 is 4.62. The lowest BCUT2D eigenvalue weighted by molar-refractivity contribution is 1.04. The van der Waals surface area contributed by atoms with Crippen LogP contribution in [-0.4, -0.2) is 11.3 Å². The Balaban J connectivity index is 2.76. The first-order valence-corrected chi connectivity index (χ1v) is 4.66. The van der Waals surface area contributed by atoms with Gasteiger partial charge in [0.05, 0.1) is 6.21 Å². The van der Waals surface area contributed by atoms with E-state index in [2.05, 4.69) is 35.7 Å². The van der Waals surface area contributed by atoms with E-state index in [9.17, 15) is 0 Å². The molecule has 0 amide bonds. The third-order valence-corrected chi connectivity index (χ3v) is 1.89. The molecular formula is C10H13N3S. The average molecular weight is 207 g/mol. The fourth-order valence-electron chi connectivity index (χ4n) is 1.14. The van der Waals surface area contributed by atoms with Gasteiger partial charge in [-0.25, -0.2) is 0 Å². The minimum atomic E-state index is 0.172. The van der Waals surface area contributed by atoms with Crippen LogP contribution in [0.5, 0.6) is 0 Å². The molecule has 1 aromatic carbocycles. The van der Waals surface area contributed by atoms with Gasteiger partial charge >= 0.3 is 0 Å². The van der Waals surface area contributed by atoms with Crippen LogP contribution in [0.2, 0.25) is 0 Å². The highest BCUT2D eigenvalue weighted by Gasteiger charge is 1.94. The van der Waals surface area contributed by atoms with Crippen molar-refractivity contribution in [1.82, 2.24) is 5.43 Å². The molecule has 0 fully saturated rings. The third kappa shape index (κ3) is 3.14. The van der Waals surface area contributed by atoms with Crippen molar-refractivity contribution in [1.29, 1.82) is 0 Å². The number of thiocarbonyl (C=S) groups is 1. The SMILES string of the molecule is Cc1ccc(/C=N/NC(N)=S)c(C)c1. The van der Waals surface area contributed by atoms with Crippen LogP contribution in [0.15, 0.2) is 23.3 Å². The Hall–Kier alpha value is -1.42. The van der Waals surface area contributed by atoms with Crippen molar-refractivity contribution in [3.8, 4) is 0 Å². The van der Waals surface area contributed by atoms with E-state index in [1.54, 1.807) is 6.21 Å². The molecule has 0 aliphatic carbocycles. The van der Waals surface area contributed by atoms with Crippen molar-refractivity contribution in [2.45, 2.75) is 13.8 Å². The number of rotatable bonds is 2.